The molecular weight excluding hydrogens is 222 g/mol. The molecule has 0 saturated carbocycles. The summed E-state index contributed by atoms with van der Waals surface area (Å²) in [6.45, 7) is -0.867. The molecule has 0 aliphatic heterocycles. The molecule has 0 heterocycles. The predicted molar refractivity (Wildman–Crippen MR) is 54.1 cm³/mol. The van der Waals surface area contributed by atoms with Crippen LogP contribution in [0.2, 0.25) is 0 Å². The quantitative estimate of drug-likeness (QED) is 0.624. The molecular formula is C9H10F2N2O3. The third-order valence-corrected chi connectivity index (χ3v) is 1.82. The Morgan fingerprint density at radius 1 is 1.56 bits per heavy atom. The lowest BCUT2D eigenvalue weighted by Gasteiger charge is -2.08. The minimum Gasteiger partial charge on any atom is -0.481 e. The summed E-state index contributed by atoms with van der Waals surface area (Å²) in [5.41, 5.74) is -0.123. The van der Waals surface area contributed by atoms with Crippen LogP contribution >= 0.6 is 0 Å². The van der Waals surface area contributed by atoms with Crippen molar-refractivity contribution in [1.29, 1.82) is 0 Å². The van der Waals surface area contributed by atoms with Gasteiger partial charge in [0.15, 0.2) is 5.75 Å². The van der Waals surface area contributed by atoms with Crippen LogP contribution in [0.4, 0.5) is 20.2 Å². The Morgan fingerprint density at radius 3 is 2.75 bits per heavy atom. The number of nitro benzene ring substituents is 1. The molecule has 0 aromatic heterocycles. The Kier molecular flexibility index (Phi) is 3.98. The number of rotatable bonds is 5. The lowest BCUT2D eigenvalue weighted by molar-refractivity contribution is -0.385. The van der Waals surface area contributed by atoms with Gasteiger partial charge in [-0.25, -0.2) is 8.78 Å². The van der Waals surface area contributed by atoms with Gasteiger partial charge >= 0.3 is 5.69 Å². The molecule has 0 fully saturated rings. The van der Waals surface area contributed by atoms with Crippen molar-refractivity contribution >= 4 is 11.4 Å². The van der Waals surface area contributed by atoms with E-state index in [9.17, 15) is 18.9 Å². The van der Waals surface area contributed by atoms with Crippen LogP contribution in [0.1, 0.15) is 0 Å². The standard InChI is InChI=1S/C9H10F2N2O3/c1-12-6-3-2-4-7(9(6)13(14)15)16-5-8(10)11/h2-4,8,12H,5H2,1H3. The van der Waals surface area contributed by atoms with Crippen LogP contribution in [0.5, 0.6) is 5.75 Å². The molecule has 7 heteroatoms. The highest BCUT2D eigenvalue weighted by atomic mass is 19.3. The van der Waals surface area contributed by atoms with Crippen LogP contribution < -0.4 is 10.1 Å². The van der Waals surface area contributed by atoms with Gasteiger partial charge in [-0.1, -0.05) is 6.07 Å². The number of nitro groups is 1. The molecule has 1 N–H and O–H groups in total. The van der Waals surface area contributed by atoms with Crippen molar-refractivity contribution < 1.29 is 18.4 Å². The fraction of sp³-hybridized carbons (Fsp3) is 0.333. The summed E-state index contributed by atoms with van der Waals surface area (Å²) in [6.07, 6.45) is -2.67. The van der Waals surface area contributed by atoms with Crippen LogP contribution in [0.25, 0.3) is 0 Å². The first-order chi connectivity index (χ1) is 7.56. The van der Waals surface area contributed by atoms with Crippen LogP contribution in [0, 0.1) is 10.1 Å². The molecule has 0 amide bonds. The first-order valence-electron chi connectivity index (χ1n) is 4.42. The average molecular weight is 232 g/mol. The van der Waals surface area contributed by atoms with Crippen molar-refractivity contribution in [2.75, 3.05) is 19.0 Å². The predicted octanol–water partition coefficient (Wildman–Crippen LogP) is 2.28. The summed E-state index contributed by atoms with van der Waals surface area (Å²) in [6, 6.07) is 4.23. The Labute approximate surface area is 90.2 Å². The highest BCUT2D eigenvalue weighted by Crippen LogP contribution is 2.34. The minimum absolute atomic E-state index is 0.169. The van der Waals surface area contributed by atoms with E-state index in [-0.39, 0.29) is 17.1 Å². The van der Waals surface area contributed by atoms with E-state index < -0.39 is 18.0 Å². The lowest BCUT2D eigenvalue weighted by atomic mass is 10.2. The van der Waals surface area contributed by atoms with Gasteiger partial charge < -0.3 is 10.1 Å². The number of halogens is 2. The molecule has 1 aromatic carbocycles. The van der Waals surface area contributed by atoms with Gasteiger partial charge in [0.2, 0.25) is 0 Å². The van der Waals surface area contributed by atoms with Crippen molar-refractivity contribution in [3.05, 3.63) is 28.3 Å². The largest absolute Gasteiger partial charge is 0.481 e. The summed E-state index contributed by atoms with van der Waals surface area (Å²) >= 11 is 0. The molecule has 0 saturated heterocycles. The molecule has 0 atom stereocenters. The third kappa shape index (κ3) is 2.78. The first-order valence-corrected chi connectivity index (χ1v) is 4.42. The summed E-state index contributed by atoms with van der Waals surface area (Å²) in [7, 11) is 1.50. The van der Waals surface area contributed by atoms with Crippen LogP contribution in [0.3, 0.4) is 0 Å². The number of ether oxygens (including phenoxy) is 1. The molecule has 0 spiro atoms. The second kappa shape index (κ2) is 5.24. The van der Waals surface area contributed by atoms with Gasteiger partial charge in [-0.3, -0.25) is 10.1 Å². The molecule has 5 nitrogen and oxygen atoms in total. The zero-order chi connectivity index (χ0) is 12.1. The van der Waals surface area contributed by atoms with Crippen LogP contribution in [0.15, 0.2) is 18.2 Å². The van der Waals surface area contributed by atoms with Gasteiger partial charge in [-0.2, -0.15) is 0 Å². The summed E-state index contributed by atoms with van der Waals surface area (Å²) in [5, 5.41) is 13.3. The molecule has 88 valence electrons. The number of alkyl halides is 2. The Hall–Kier alpha value is -1.92. The SMILES string of the molecule is CNc1cccc(OCC(F)F)c1[N+](=O)[O-]. The van der Waals surface area contributed by atoms with Crippen LogP contribution in [-0.2, 0) is 0 Å². The number of para-hydroxylation sites is 1. The second-order valence-corrected chi connectivity index (χ2v) is 2.86. The molecule has 0 unspecified atom stereocenters. The van der Waals surface area contributed by atoms with Gasteiger partial charge in [-0.15, -0.1) is 0 Å². The number of nitrogens with one attached hydrogen (secondary N) is 1. The molecule has 1 rings (SSSR count). The monoisotopic (exact) mass is 232 g/mol. The summed E-state index contributed by atoms with van der Waals surface area (Å²) in [5.74, 6) is -0.169. The van der Waals surface area contributed by atoms with Crippen molar-refractivity contribution in [1.82, 2.24) is 0 Å². The average Bonchev–Trinajstić information content (AvgIpc) is 2.25. The second-order valence-electron chi connectivity index (χ2n) is 2.86. The maximum absolute atomic E-state index is 11.9. The summed E-state index contributed by atoms with van der Waals surface area (Å²) in [4.78, 5) is 10.1. The molecule has 0 aliphatic carbocycles. The molecule has 0 bridgehead atoms. The number of nitrogens with zero attached hydrogens (tertiary/aromatic N) is 1. The normalized spacial score (nSPS) is 10.2. The van der Waals surface area contributed by atoms with Crippen molar-refractivity contribution in [2.45, 2.75) is 6.43 Å². The Morgan fingerprint density at radius 2 is 2.25 bits per heavy atom. The third-order valence-electron chi connectivity index (χ3n) is 1.82. The van der Waals surface area contributed by atoms with Crippen molar-refractivity contribution in [3.8, 4) is 5.75 Å². The topological polar surface area (TPSA) is 64.4 Å². The molecule has 16 heavy (non-hydrogen) atoms. The van der Waals surface area contributed by atoms with E-state index in [1.165, 1.54) is 25.2 Å². The highest BCUT2D eigenvalue weighted by molar-refractivity contribution is 5.68. The minimum atomic E-state index is -2.67. The Bertz CT molecular complexity index is 385. The number of hydrogen-bond acceptors (Lipinski definition) is 4. The van der Waals surface area contributed by atoms with Gasteiger partial charge in [0, 0.05) is 7.05 Å². The maximum Gasteiger partial charge on any atom is 0.333 e. The fourth-order valence-electron chi connectivity index (χ4n) is 1.18. The van der Waals surface area contributed by atoms with Crippen LogP contribution in [-0.4, -0.2) is 25.0 Å². The fourth-order valence-corrected chi connectivity index (χ4v) is 1.18. The van der Waals surface area contributed by atoms with E-state index in [0.29, 0.717) is 0 Å². The lowest BCUT2D eigenvalue weighted by Crippen LogP contribution is -2.09. The van der Waals surface area contributed by atoms with E-state index in [0.717, 1.165) is 0 Å². The van der Waals surface area contributed by atoms with Crippen molar-refractivity contribution in [3.63, 3.8) is 0 Å². The zero-order valence-corrected chi connectivity index (χ0v) is 8.44. The zero-order valence-electron chi connectivity index (χ0n) is 8.44. The smallest absolute Gasteiger partial charge is 0.333 e. The number of anilines is 1. The van der Waals surface area contributed by atoms with Gasteiger partial charge in [-0.05, 0) is 12.1 Å². The van der Waals surface area contributed by atoms with E-state index in [2.05, 4.69) is 10.1 Å². The van der Waals surface area contributed by atoms with E-state index in [1.54, 1.807) is 0 Å². The first kappa shape index (κ1) is 12.2. The van der Waals surface area contributed by atoms with E-state index >= 15 is 0 Å². The van der Waals surface area contributed by atoms with Gasteiger partial charge in [0.1, 0.15) is 12.3 Å². The highest BCUT2D eigenvalue weighted by Gasteiger charge is 2.20. The van der Waals surface area contributed by atoms with Gasteiger partial charge in [0.05, 0.1) is 4.92 Å². The van der Waals surface area contributed by atoms with E-state index in [4.69, 9.17) is 0 Å². The van der Waals surface area contributed by atoms with Crippen molar-refractivity contribution in [2.24, 2.45) is 0 Å². The Balaban J connectivity index is 3.02. The molecule has 1 aromatic rings. The van der Waals surface area contributed by atoms with E-state index in [1.807, 2.05) is 0 Å². The van der Waals surface area contributed by atoms with Gasteiger partial charge in [0.25, 0.3) is 6.43 Å². The number of benzene rings is 1. The molecule has 0 aliphatic rings. The summed E-state index contributed by atoms with van der Waals surface area (Å²) < 4.78 is 28.5. The maximum atomic E-state index is 11.9. The number of hydrogen-bond donors (Lipinski definition) is 1. The molecule has 0 radical (unpaired) electrons.